The Morgan fingerprint density at radius 1 is 1.15 bits per heavy atom. The second-order valence-corrected chi connectivity index (χ2v) is 9.98. The van der Waals surface area contributed by atoms with Gasteiger partial charge in [-0.15, -0.1) is 0 Å². The quantitative estimate of drug-likeness (QED) is 0.599. The van der Waals surface area contributed by atoms with Crippen molar-refractivity contribution >= 4 is 11.6 Å². The third-order valence-corrected chi connectivity index (χ3v) is 8.86. The number of hydrogen-bond donors (Lipinski definition) is 0. The molecule has 0 N–H and O–H groups in total. The van der Waals surface area contributed by atoms with E-state index in [2.05, 4.69) is 33.8 Å². The Morgan fingerprint density at radius 3 is 2.65 bits per heavy atom. The number of ketones is 2. The van der Waals surface area contributed by atoms with Gasteiger partial charge in [0.25, 0.3) is 0 Å². The Labute approximate surface area is 158 Å². The van der Waals surface area contributed by atoms with E-state index in [1.54, 1.807) is 11.6 Å². The van der Waals surface area contributed by atoms with Crippen LogP contribution in [0.25, 0.3) is 0 Å². The van der Waals surface area contributed by atoms with E-state index in [0.29, 0.717) is 41.9 Å². The molecular weight excluding hydrogens is 320 g/mol. The normalized spacial score (nSPS) is 45.7. The van der Waals surface area contributed by atoms with E-state index in [1.807, 2.05) is 0 Å². The van der Waals surface area contributed by atoms with Gasteiger partial charge in [-0.2, -0.15) is 0 Å². The van der Waals surface area contributed by atoms with Gasteiger partial charge in [-0.05, 0) is 86.0 Å². The SMILES string of the molecule is CC/C=C(\C)[C@H]1CCC2C3CC(=O)C4=CC(=O)CCC4(C)C3CC[C@]21C. The van der Waals surface area contributed by atoms with Gasteiger partial charge in [-0.3, -0.25) is 9.59 Å². The summed E-state index contributed by atoms with van der Waals surface area (Å²) in [6.07, 6.45) is 12.5. The van der Waals surface area contributed by atoms with E-state index in [-0.39, 0.29) is 17.0 Å². The molecule has 142 valence electrons. The molecule has 4 unspecified atom stereocenters. The maximum Gasteiger partial charge on any atom is 0.159 e. The highest BCUT2D eigenvalue weighted by molar-refractivity contribution is 6.05. The summed E-state index contributed by atoms with van der Waals surface area (Å²) in [6, 6.07) is 0. The fourth-order valence-corrected chi connectivity index (χ4v) is 7.60. The maximum absolute atomic E-state index is 13.0. The highest BCUT2D eigenvalue weighted by Gasteiger charge is 2.60. The van der Waals surface area contributed by atoms with E-state index < -0.39 is 0 Å². The lowest BCUT2D eigenvalue weighted by atomic mass is 9.46. The molecule has 4 aliphatic carbocycles. The van der Waals surface area contributed by atoms with Crippen LogP contribution in [0.3, 0.4) is 0 Å². The van der Waals surface area contributed by atoms with Crippen molar-refractivity contribution in [2.24, 2.45) is 34.5 Å². The van der Waals surface area contributed by atoms with E-state index >= 15 is 0 Å². The molecule has 4 rings (SSSR count). The molecule has 0 radical (unpaired) electrons. The predicted molar refractivity (Wildman–Crippen MR) is 105 cm³/mol. The largest absolute Gasteiger partial charge is 0.295 e. The van der Waals surface area contributed by atoms with Gasteiger partial charge in [0.2, 0.25) is 0 Å². The van der Waals surface area contributed by atoms with Crippen molar-refractivity contribution in [2.75, 3.05) is 0 Å². The number of fused-ring (bicyclic) bond motifs is 5. The van der Waals surface area contributed by atoms with Gasteiger partial charge in [0.05, 0.1) is 0 Å². The van der Waals surface area contributed by atoms with Crippen molar-refractivity contribution in [1.29, 1.82) is 0 Å². The Balaban J connectivity index is 1.68. The lowest BCUT2D eigenvalue weighted by Crippen LogP contribution is -2.52. The van der Waals surface area contributed by atoms with Gasteiger partial charge in [-0.1, -0.05) is 32.4 Å². The first kappa shape index (κ1) is 18.2. The second kappa shape index (κ2) is 6.17. The molecule has 4 aliphatic rings. The van der Waals surface area contributed by atoms with Crippen LogP contribution in [0, 0.1) is 34.5 Å². The van der Waals surface area contributed by atoms with E-state index in [1.165, 1.54) is 25.7 Å². The van der Waals surface area contributed by atoms with Gasteiger partial charge < -0.3 is 0 Å². The molecule has 26 heavy (non-hydrogen) atoms. The molecular formula is C24H34O2. The minimum atomic E-state index is -0.0539. The van der Waals surface area contributed by atoms with Gasteiger partial charge in [0, 0.05) is 18.4 Å². The van der Waals surface area contributed by atoms with Crippen LogP contribution in [0.1, 0.15) is 79.1 Å². The average molecular weight is 355 g/mol. The summed E-state index contributed by atoms with van der Waals surface area (Å²) in [6.45, 7) is 9.36. The van der Waals surface area contributed by atoms with Gasteiger partial charge in [0.1, 0.15) is 0 Å². The maximum atomic E-state index is 13.0. The fraction of sp³-hybridized carbons (Fsp3) is 0.750. The van der Waals surface area contributed by atoms with Gasteiger partial charge in [0.15, 0.2) is 11.6 Å². The lowest BCUT2D eigenvalue weighted by molar-refractivity contribution is -0.131. The standard InChI is InChI=1S/C24H34O2/c1-5-6-15(2)18-7-8-19-17-14-22(26)21-13-16(25)9-11-24(21,4)20(17)10-12-23(18,19)3/h6,13,17-20H,5,7-12,14H2,1-4H3/b15-6+/t17?,18-,19?,20?,23+,24?/m1/s1. The summed E-state index contributed by atoms with van der Waals surface area (Å²) in [4.78, 5) is 25.0. The molecule has 3 saturated carbocycles. The van der Waals surface area contributed by atoms with Crippen LogP contribution in [0.2, 0.25) is 0 Å². The van der Waals surface area contributed by atoms with Crippen molar-refractivity contribution in [3.8, 4) is 0 Å². The van der Waals surface area contributed by atoms with Crippen molar-refractivity contribution in [2.45, 2.75) is 79.1 Å². The molecule has 0 aliphatic heterocycles. The highest BCUT2D eigenvalue weighted by atomic mass is 16.1. The van der Waals surface area contributed by atoms with Crippen molar-refractivity contribution in [3.05, 3.63) is 23.3 Å². The Hall–Kier alpha value is -1.18. The highest BCUT2D eigenvalue weighted by Crippen LogP contribution is 2.66. The fourth-order valence-electron chi connectivity index (χ4n) is 7.60. The van der Waals surface area contributed by atoms with Crippen LogP contribution in [0.4, 0.5) is 0 Å². The number of hydrogen-bond acceptors (Lipinski definition) is 2. The number of rotatable bonds is 2. The zero-order valence-corrected chi connectivity index (χ0v) is 16.9. The smallest absolute Gasteiger partial charge is 0.159 e. The molecule has 0 bridgehead atoms. The predicted octanol–water partition coefficient (Wildman–Crippen LogP) is 5.67. The summed E-state index contributed by atoms with van der Waals surface area (Å²) >= 11 is 0. The summed E-state index contributed by atoms with van der Waals surface area (Å²) < 4.78 is 0. The lowest BCUT2D eigenvalue weighted by Gasteiger charge is -2.57. The number of Topliss-reactive ketones (excluding diaryl/α,β-unsaturated/α-hetero) is 1. The van der Waals surface area contributed by atoms with Crippen molar-refractivity contribution in [1.82, 2.24) is 0 Å². The van der Waals surface area contributed by atoms with Gasteiger partial charge >= 0.3 is 0 Å². The summed E-state index contributed by atoms with van der Waals surface area (Å²) in [5.74, 6) is 2.91. The minimum Gasteiger partial charge on any atom is -0.295 e. The number of carbonyl (C=O) groups is 2. The molecule has 3 fully saturated rings. The molecule has 0 saturated heterocycles. The Morgan fingerprint density at radius 2 is 1.92 bits per heavy atom. The van der Waals surface area contributed by atoms with Crippen LogP contribution in [-0.4, -0.2) is 11.6 Å². The first-order valence-corrected chi connectivity index (χ1v) is 10.8. The number of allylic oxidation sites excluding steroid dienone is 3. The van der Waals surface area contributed by atoms with Crippen LogP contribution in [-0.2, 0) is 9.59 Å². The van der Waals surface area contributed by atoms with Crippen LogP contribution >= 0.6 is 0 Å². The molecule has 0 aromatic rings. The Bertz CT molecular complexity index is 699. The third-order valence-electron chi connectivity index (χ3n) is 8.86. The molecule has 0 aromatic heterocycles. The van der Waals surface area contributed by atoms with Gasteiger partial charge in [-0.25, -0.2) is 0 Å². The number of carbonyl (C=O) groups excluding carboxylic acids is 2. The minimum absolute atomic E-state index is 0.0539. The van der Waals surface area contributed by atoms with Crippen LogP contribution in [0.5, 0.6) is 0 Å². The topological polar surface area (TPSA) is 34.1 Å². The third kappa shape index (κ3) is 2.43. The molecule has 0 heterocycles. The van der Waals surface area contributed by atoms with E-state index in [0.717, 1.165) is 18.4 Å². The zero-order valence-electron chi connectivity index (χ0n) is 16.9. The molecule has 2 nitrogen and oxygen atoms in total. The monoisotopic (exact) mass is 354 g/mol. The zero-order chi connectivity index (χ0) is 18.7. The Kier molecular flexibility index (Phi) is 4.32. The molecule has 0 amide bonds. The van der Waals surface area contributed by atoms with Crippen molar-refractivity contribution in [3.63, 3.8) is 0 Å². The van der Waals surface area contributed by atoms with Crippen LogP contribution in [0.15, 0.2) is 23.3 Å². The van der Waals surface area contributed by atoms with Crippen LogP contribution < -0.4 is 0 Å². The van der Waals surface area contributed by atoms with E-state index in [9.17, 15) is 9.59 Å². The average Bonchev–Trinajstić information content (AvgIpc) is 2.94. The molecule has 0 aromatic carbocycles. The van der Waals surface area contributed by atoms with Crippen molar-refractivity contribution < 1.29 is 9.59 Å². The van der Waals surface area contributed by atoms with E-state index in [4.69, 9.17) is 0 Å². The molecule has 6 atom stereocenters. The molecule has 0 spiro atoms. The summed E-state index contributed by atoms with van der Waals surface area (Å²) in [5.41, 5.74) is 2.75. The second-order valence-electron chi connectivity index (χ2n) is 9.98. The summed E-state index contributed by atoms with van der Waals surface area (Å²) in [5, 5.41) is 0. The first-order chi connectivity index (χ1) is 12.3. The molecule has 2 heteroatoms. The summed E-state index contributed by atoms with van der Waals surface area (Å²) in [7, 11) is 0. The first-order valence-electron chi connectivity index (χ1n) is 10.8.